The first-order valence-electron chi connectivity index (χ1n) is 8.32. The van der Waals surface area contributed by atoms with E-state index in [9.17, 15) is 18.4 Å². The van der Waals surface area contributed by atoms with Crippen LogP contribution in [0.5, 0.6) is 0 Å². The second kappa shape index (κ2) is 7.84. The molecule has 3 rings (SSSR count). The fraction of sp³-hybridized carbons (Fsp3) is 0.211. The first-order valence-corrected chi connectivity index (χ1v) is 8.70. The Kier molecular flexibility index (Phi) is 5.51. The third kappa shape index (κ3) is 3.98. The highest BCUT2D eigenvalue weighted by Crippen LogP contribution is 2.18. The van der Waals surface area contributed by atoms with E-state index in [1.165, 1.54) is 17.0 Å². The zero-order valence-corrected chi connectivity index (χ0v) is 15.2. The Labute approximate surface area is 158 Å². The number of aromatic nitrogens is 2. The van der Waals surface area contributed by atoms with Crippen molar-refractivity contribution < 1.29 is 13.6 Å². The van der Waals surface area contributed by atoms with Gasteiger partial charge in [0.15, 0.2) is 0 Å². The molecule has 1 amide bonds. The van der Waals surface area contributed by atoms with Crippen LogP contribution in [-0.4, -0.2) is 27.3 Å². The Hall–Kier alpha value is -2.80. The normalized spacial score (nSPS) is 11.0. The van der Waals surface area contributed by atoms with Crippen molar-refractivity contribution in [2.24, 2.45) is 0 Å². The summed E-state index contributed by atoms with van der Waals surface area (Å²) in [7, 11) is 0. The Morgan fingerprint density at radius 2 is 1.93 bits per heavy atom. The minimum absolute atomic E-state index is 0.0991. The largest absolute Gasteiger partial charge is 0.331 e. The van der Waals surface area contributed by atoms with Gasteiger partial charge in [0.05, 0.1) is 17.4 Å². The predicted octanol–water partition coefficient (Wildman–Crippen LogP) is 3.91. The number of hydrogen-bond acceptors (Lipinski definition) is 3. The van der Waals surface area contributed by atoms with Crippen molar-refractivity contribution in [2.75, 3.05) is 6.54 Å². The van der Waals surface area contributed by atoms with Gasteiger partial charge in [-0.2, -0.15) is 0 Å². The van der Waals surface area contributed by atoms with E-state index in [1.807, 2.05) is 6.92 Å². The van der Waals surface area contributed by atoms with E-state index in [1.54, 1.807) is 12.1 Å². The van der Waals surface area contributed by atoms with Gasteiger partial charge in [0, 0.05) is 11.6 Å². The van der Waals surface area contributed by atoms with Gasteiger partial charge in [-0.25, -0.2) is 13.8 Å². The van der Waals surface area contributed by atoms with Crippen LogP contribution in [0.2, 0.25) is 5.02 Å². The molecule has 2 aromatic carbocycles. The molecule has 0 aliphatic rings. The van der Waals surface area contributed by atoms with Gasteiger partial charge in [-0.15, -0.1) is 0 Å². The number of nitrogens with zero attached hydrogens (tertiary/aromatic N) is 2. The summed E-state index contributed by atoms with van der Waals surface area (Å²) in [5.74, 6) is -2.48. The number of fused-ring (bicyclic) bond motifs is 1. The molecule has 1 N–H and O–H groups in total. The molecule has 0 fully saturated rings. The van der Waals surface area contributed by atoms with Crippen molar-refractivity contribution in [3.05, 3.63) is 74.8 Å². The molecule has 1 aromatic heterocycles. The Bertz CT molecular complexity index is 1050. The molecule has 27 heavy (non-hydrogen) atoms. The third-order valence-corrected chi connectivity index (χ3v) is 4.25. The van der Waals surface area contributed by atoms with Crippen LogP contribution in [-0.2, 0) is 6.54 Å². The van der Waals surface area contributed by atoms with Gasteiger partial charge >= 0.3 is 0 Å². The van der Waals surface area contributed by atoms with E-state index < -0.39 is 23.1 Å². The molecule has 0 spiro atoms. The molecule has 0 aliphatic heterocycles. The summed E-state index contributed by atoms with van der Waals surface area (Å²) in [5, 5.41) is 0.776. The van der Waals surface area contributed by atoms with Crippen LogP contribution in [0.15, 0.2) is 41.2 Å². The number of hydrogen-bond donors (Lipinski definition) is 1. The number of carbonyl (C=O) groups excluding carboxylic acids is 1. The second-order valence-electron chi connectivity index (χ2n) is 6.00. The number of rotatable bonds is 5. The average molecular weight is 392 g/mol. The molecular formula is C19H16ClF2N3O2. The number of aromatic amines is 1. The molecule has 5 nitrogen and oxygen atoms in total. The van der Waals surface area contributed by atoms with E-state index in [0.29, 0.717) is 22.3 Å². The summed E-state index contributed by atoms with van der Waals surface area (Å²) < 4.78 is 28.0. The zero-order chi connectivity index (χ0) is 19.6. The SMILES string of the molecule is CCCN(Cc1nc2cc(Cl)ccc2c(=O)[nH]1)C(=O)c1c(F)cccc1F. The molecule has 3 aromatic rings. The topological polar surface area (TPSA) is 66.1 Å². The first-order chi connectivity index (χ1) is 12.9. The lowest BCUT2D eigenvalue weighted by atomic mass is 10.1. The maximum Gasteiger partial charge on any atom is 0.260 e. The number of halogens is 3. The van der Waals surface area contributed by atoms with Crippen molar-refractivity contribution in [3.63, 3.8) is 0 Å². The van der Waals surface area contributed by atoms with Crippen LogP contribution in [0.1, 0.15) is 29.5 Å². The number of benzene rings is 2. The molecule has 0 unspecified atom stereocenters. The minimum Gasteiger partial charge on any atom is -0.331 e. The standard InChI is InChI=1S/C19H16ClF2N3O2/c1-2-8-25(19(27)17-13(21)4-3-5-14(17)22)10-16-23-15-9-11(20)6-7-12(15)18(26)24-16/h3-7,9H,2,8,10H2,1H3,(H,23,24,26). The number of H-pyrrole nitrogens is 1. The average Bonchev–Trinajstić information content (AvgIpc) is 2.60. The minimum atomic E-state index is -0.937. The van der Waals surface area contributed by atoms with Crippen molar-refractivity contribution in [2.45, 2.75) is 19.9 Å². The summed E-state index contributed by atoms with van der Waals surface area (Å²) >= 11 is 5.94. The smallest absolute Gasteiger partial charge is 0.260 e. The Morgan fingerprint density at radius 3 is 2.59 bits per heavy atom. The van der Waals surface area contributed by atoms with Gasteiger partial charge in [-0.05, 0) is 36.8 Å². The van der Waals surface area contributed by atoms with Gasteiger partial charge in [0.1, 0.15) is 23.0 Å². The molecule has 0 bridgehead atoms. The summed E-state index contributed by atoms with van der Waals surface area (Å²) in [6, 6.07) is 7.92. The molecular weight excluding hydrogens is 376 g/mol. The third-order valence-electron chi connectivity index (χ3n) is 4.02. The lowest BCUT2D eigenvalue weighted by Crippen LogP contribution is -2.34. The van der Waals surface area contributed by atoms with Gasteiger partial charge in [-0.1, -0.05) is 24.6 Å². The van der Waals surface area contributed by atoms with Crippen molar-refractivity contribution in [1.29, 1.82) is 0 Å². The molecule has 1 heterocycles. The number of carbonyl (C=O) groups is 1. The van der Waals surface area contributed by atoms with Crippen molar-refractivity contribution in [1.82, 2.24) is 14.9 Å². The lowest BCUT2D eigenvalue weighted by molar-refractivity contribution is 0.0729. The summed E-state index contributed by atoms with van der Waals surface area (Å²) in [4.78, 5) is 33.1. The maximum absolute atomic E-state index is 14.0. The van der Waals surface area contributed by atoms with E-state index in [4.69, 9.17) is 11.6 Å². The number of nitrogens with one attached hydrogen (secondary N) is 1. The van der Waals surface area contributed by atoms with Crippen molar-refractivity contribution >= 4 is 28.4 Å². The fourth-order valence-corrected chi connectivity index (χ4v) is 2.97. The highest BCUT2D eigenvalue weighted by Gasteiger charge is 2.23. The van der Waals surface area contributed by atoms with E-state index in [0.717, 1.165) is 12.1 Å². The second-order valence-corrected chi connectivity index (χ2v) is 6.43. The molecule has 0 radical (unpaired) electrons. The highest BCUT2D eigenvalue weighted by molar-refractivity contribution is 6.31. The maximum atomic E-state index is 14.0. The van der Waals surface area contributed by atoms with Crippen LogP contribution < -0.4 is 5.56 Å². The van der Waals surface area contributed by atoms with Crippen LogP contribution in [0.4, 0.5) is 8.78 Å². The predicted molar refractivity (Wildman–Crippen MR) is 98.8 cm³/mol. The molecule has 8 heteroatoms. The van der Waals surface area contributed by atoms with E-state index in [2.05, 4.69) is 9.97 Å². The van der Waals surface area contributed by atoms with Gasteiger partial charge < -0.3 is 9.88 Å². The highest BCUT2D eigenvalue weighted by atomic mass is 35.5. The summed E-state index contributed by atoms with van der Waals surface area (Å²) in [6.07, 6.45) is 0.561. The molecule has 0 saturated heterocycles. The number of amides is 1. The lowest BCUT2D eigenvalue weighted by Gasteiger charge is -2.22. The van der Waals surface area contributed by atoms with Crippen LogP contribution >= 0.6 is 11.6 Å². The fourth-order valence-electron chi connectivity index (χ4n) is 2.80. The first kappa shape index (κ1) is 19.0. The summed E-state index contributed by atoms with van der Waals surface area (Å²) in [5.41, 5.74) is -0.632. The monoisotopic (exact) mass is 391 g/mol. The molecule has 0 saturated carbocycles. The van der Waals surface area contributed by atoms with Gasteiger partial charge in [-0.3, -0.25) is 9.59 Å². The molecule has 0 aliphatic carbocycles. The summed E-state index contributed by atoms with van der Waals surface area (Å²) in [6.45, 7) is 1.97. The van der Waals surface area contributed by atoms with Crippen LogP contribution in [0.25, 0.3) is 10.9 Å². The quantitative estimate of drug-likeness (QED) is 0.717. The Morgan fingerprint density at radius 1 is 1.22 bits per heavy atom. The Balaban J connectivity index is 1.98. The van der Waals surface area contributed by atoms with Crippen molar-refractivity contribution in [3.8, 4) is 0 Å². The van der Waals surface area contributed by atoms with Crippen LogP contribution in [0.3, 0.4) is 0 Å². The zero-order valence-electron chi connectivity index (χ0n) is 14.4. The molecule has 0 atom stereocenters. The van der Waals surface area contributed by atoms with Gasteiger partial charge in [0.25, 0.3) is 11.5 Å². The van der Waals surface area contributed by atoms with Crippen LogP contribution in [0, 0.1) is 11.6 Å². The molecule has 140 valence electrons. The van der Waals surface area contributed by atoms with E-state index >= 15 is 0 Å². The van der Waals surface area contributed by atoms with Gasteiger partial charge in [0.2, 0.25) is 0 Å². The van der Waals surface area contributed by atoms with E-state index in [-0.39, 0.29) is 24.5 Å².